The van der Waals surface area contributed by atoms with E-state index in [0.717, 1.165) is 35.2 Å². The van der Waals surface area contributed by atoms with Gasteiger partial charge in [-0.1, -0.05) is 11.6 Å². The maximum atomic E-state index is 12.4. The Morgan fingerprint density at radius 3 is 2.35 bits per heavy atom. The van der Waals surface area contributed by atoms with E-state index >= 15 is 0 Å². The van der Waals surface area contributed by atoms with Crippen LogP contribution in [-0.2, 0) is 6.18 Å². The molecule has 0 spiro atoms. The van der Waals surface area contributed by atoms with Gasteiger partial charge in [-0.15, -0.1) is 10.2 Å². The van der Waals surface area contributed by atoms with Crippen molar-refractivity contribution in [2.75, 3.05) is 0 Å². The van der Waals surface area contributed by atoms with Gasteiger partial charge in [0.05, 0.1) is 5.56 Å². The summed E-state index contributed by atoms with van der Waals surface area (Å²) in [5.41, 5.74) is 0.838. The normalized spacial score (nSPS) is 11.7. The van der Waals surface area contributed by atoms with E-state index in [1.807, 2.05) is 6.92 Å². The Hall–Kier alpha value is -1.34. The van der Waals surface area contributed by atoms with Crippen LogP contribution in [0.4, 0.5) is 13.2 Å². The lowest BCUT2D eigenvalue weighted by Gasteiger charge is -2.08. The molecule has 0 N–H and O–H groups in total. The Balaban J connectivity index is 2.25. The predicted octanol–water partition coefficient (Wildman–Crippen LogP) is 4.31. The second kappa shape index (κ2) is 5.57. The molecule has 2 heterocycles. The number of rotatable bonds is 2. The van der Waals surface area contributed by atoms with Crippen molar-refractivity contribution in [1.82, 2.24) is 15.2 Å². The highest BCUT2D eigenvalue weighted by atomic mass is 35.5. The third-order valence-electron chi connectivity index (χ3n) is 2.69. The van der Waals surface area contributed by atoms with E-state index in [9.17, 15) is 13.2 Å². The molecular weight excluding hydrogens is 311 g/mol. The van der Waals surface area contributed by atoms with Crippen molar-refractivity contribution in [2.24, 2.45) is 0 Å². The van der Waals surface area contributed by atoms with Crippen LogP contribution >= 0.6 is 23.4 Å². The molecule has 0 amide bonds. The molecule has 20 heavy (non-hydrogen) atoms. The Morgan fingerprint density at radius 1 is 1.10 bits per heavy atom. The van der Waals surface area contributed by atoms with Gasteiger partial charge in [0.1, 0.15) is 10.1 Å². The van der Waals surface area contributed by atoms with Gasteiger partial charge in [-0.3, -0.25) is 0 Å². The minimum atomic E-state index is -4.39. The maximum Gasteiger partial charge on any atom is 0.417 e. The lowest BCUT2D eigenvalue weighted by molar-refractivity contribution is -0.137. The number of hydrogen-bond acceptors (Lipinski definition) is 4. The van der Waals surface area contributed by atoms with Crippen LogP contribution in [0, 0.1) is 13.8 Å². The zero-order chi connectivity index (χ0) is 14.9. The lowest BCUT2D eigenvalue weighted by Crippen LogP contribution is -2.05. The first-order valence-electron chi connectivity index (χ1n) is 5.49. The van der Waals surface area contributed by atoms with Gasteiger partial charge in [0.15, 0.2) is 5.15 Å². The molecule has 0 atom stereocenters. The minimum Gasteiger partial charge on any atom is -0.249 e. The summed E-state index contributed by atoms with van der Waals surface area (Å²) in [6.45, 7) is 3.62. The van der Waals surface area contributed by atoms with Crippen LogP contribution in [0.1, 0.15) is 16.7 Å². The second-order valence-corrected chi connectivity index (χ2v) is 5.40. The summed E-state index contributed by atoms with van der Waals surface area (Å²) in [5, 5.41) is 9.00. The number of aromatic nitrogens is 3. The summed E-state index contributed by atoms with van der Waals surface area (Å²) in [4.78, 5) is 3.78. The Bertz CT molecular complexity index is 629. The van der Waals surface area contributed by atoms with Gasteiger partial charge in [-0.05, 0) is 48.9 Å². The molecule has 0 unspecified atom stereocenters. The lowest BCUT2D eigenvalue weighted by atomic mass is 10.2. The quantitative estimate of drug-likeness (QED) is 0.826. The monoisotopic (exact) mass is 319 g/mol. The van der Waals surface area contributed by atoms with Crippen LogP contribution in [0.15, 0.2) is 28.4 Å². The molecule has 0 saturated heterocycles. The molecule has 0 aliphatic heterocycles. The van der Waals surface area contributed by atoms with Crippen molar-refractivity contribution in [1.29, 1.82) is 0 Å². The molecule has 3 nitrogen and oxygen atoms in total. The average molecular weight is 320 g/mol. The smallest absolute Gasteiger partial charge is 0.249 e. The Kier molecular flexibility index (Phi) is 4.19. The van der Waals surface area contributed by atoms with E-state index in [2.05, 4.69) is 15.2 Å². The van der Waals surface area contributed by atoms with Crippen LogP contribution in [-0.4, -0.2) is 15.2 Å². The third-order valence-corrected chi connectivity index (χ3v) is 4.08. The zero-order valence-electron chi connectivity index (χ0n) is 10.5. The molecule has 0 aliphatic carbocycles. The highest BCUT2D eigenvalue weighted by molar-refractivity contribution is 7.99. The number of hydrogen-bond donors (Lipinski definition) is 0. The van der Waals surface area contributed by atoms with Crippen LogP contribution in [0.3, 0.4) is 0 Å². The van der Waals surface area contributed by atoms with E-state index in [1.54, 1.807) is 6.92 Å². The summed E-state index contributed by atoms with van der Waals surface area (Å²) in [6.07, 6.45) is -3.59. The molecule has 0 saturated carbocycles. The standard InChI is InChI=1S/C12H9ClF3N3S/c1-6-7(2)11(19-18-10(6)13)20-9-4-3-8(5-17-9)12(14,15)16/h3-5H,1-2H3. The summed E-state index contributed by atoms with van der Waals surface area (Å²) in [7, 11) is 0. The van der Waals surface area contributed by atoms with Gasteiger partial charge >= 0.3 is 6.18 Å². The zero-order valence-corrected chi connectivity index (χ0v) is 12.1. The molecule has 0 radical (unpaired) electrons. The average Bonchev–Trinajstić information content (AvgIpc) is 2.39. The number of alkyl halides is 3. The fourth-order valence-electron chi connectivity index (χ4n) is 1.36. The second-order valence-electron chi connectivity index (χ2n) is 4.03. The minimum absolute atomic E-state index is 0.312. The third kappa shape index (κ3) is 3.21. The summed E-state index contributed by atoms with van der Waals surface area (Å²) >= 11 is 6.98. The van der Waals surface area contributed by atoms with Crippen molar-refractivity contribution in [3.05, 3.63) is 40.2 Å². The highest BCUT2D eigenvalue weighted by Crippen LogP contribution is 2.32. The fraction of sp³-hybridized carbons (Fsp3) is 0.250. The topological polar surface area (TPSA) is 38.7 Å². The van der Waals surface area contributed by atoms with Crippen molar-refractivity contribution in [3.63, 3.8) is 0 Å². The Morgan fingerprint density at radius 2 is 1.80 bits per heavy atom. The molecule has 8 heteroatoms. The number of halogens is 4. The molecule has 0 aromatic carbocycles. The van der Waals surface area contributed by atoms with Crippen LogP contribution in [0.2, 0.25) is 5.15 Å². The largest absolute Gasteiger partial charge is 0.417 e. The highest BCUT2D eigenvalue weighted by Gasteiger charge is 2.30. The van der Waals surface area contributed by atoms with Gasteiger partial charge < -0.3 is 0 Å². The molecule has 0 aliphatic rings. The molecule has 2 rings (SSSR count). The SMILES string of the molecule is Cc1c(Cl)nnc(Sc2ccc(C(F)(F)F)cn2)c1C. The van der Waals surface area contributed by atoms with Gasteiger partial charge in [0.25, 0.3) is 0 Å². The van der Waals surface area contributed by atoms with E-state index in [4.69, 9.17) is 11.6 Å². The maximum absolute atomic E-state index is 12.4. The summed E-state index contributed by atoms with van der Waals surface area (Å²) < 4.78 is 37.3. The molecule has 0 bridgehead atoms. The van der Waals surface area contributed by atoms with Crippen molar-refractivity contribution in [2.45, 2.75) is 30.1 Å². The number of nitrogens with zero attached hydrogens (tertiary/aromatic N) is 3. The van der Waals surface area contributed by atoms with Crippen molar-refractivity contribution in [3.8, 4) is 0 Å². The van der Waals surface area contributed by atoms with Gasteiger partial charge in [-0.2, -0.15) is 13.2 Å². The van der Waals surface area contributed by atoms with Crippen LogP contribution in [0.25, 0.3) is 0 Å². The summed E-state index contributed by atoms with van der Waals surface area (Å²) in [6, 6.07) is 2.29. The first kappa shape index (κ1) is 15.1. The number of pyridine rings is 1. The van der Waals surface area contributed by atoms with E-state index in [0.29, 0.717) is 15.2 Å². The predicted molar refractivity (Wildman–Crippen MR) is 69.9 cm³/mol. The molecule has 2 aromatic rings. The van der Waals surface area contributed by atoms with Crippen molar-refractivity contribution < 1.29 is 13.2 Å². The Labute approximate surface area is 122 Å². The molecule has 2 aromatic heterocycles. The van der Waals surface area contributed by atoms with E-state index in [-0.39, 0.29) is 0 Å². The van der Waals surface area contributed by atoms with Crippen LogP contribution in [0.5, 0.6) is 0 Å². The van der Waals surface area contributed by atoms with E-state index in [1.165, 1.54) is 6.07 Å². The fourth-order valence-corrected chi connectivity index (χ4v) is 2.37. The van der Waals surface area contributed by atoms with Gasteiger partial charge in [-0.25, -0.2) is 4.98 Å². The summed E-state index contributed by atoms with van der Waals surface area (Å²) in [5.74, 6) is 0. The molecule has 106 valence electrons. The molecule has 0 fully saturated rings. The van der Waals surface area contributed by atoms with E-state index < -0.39 is 11.7 Å². The van der Waals surface area contributed by atoms with Gasteiger partial charge in [0.2, 0.25) is 0 Å². The van der Waals surface area contributed by atoms with Crippen LogP contribution < -0.4 is 0 Å². The molecular formula is C12H9ClF3N3S. The first-order chi connectivity index (χ1) is 9.29. The first-order valence-corrected chi connectivity index (χ1v) is 6.69. The van der Waals surface area contributed by atoms with Gasteiger partial charge in [0, 0.05) is 6.20 Å². The van der Waals surface area contributed by atoms with Crippen molar-refractivity contribution >= 4 is 23.4 Å².